The van der Waals surface area contributed by atoms with Crippen molar-refractivity contribution in [3.63, 3.8) is 0 Å². The lowest BCUT2D eigenvalue weighted by molar-refractivity contribution is 0.394. The van der Waals surface area contributed by atoms with Gasteiger partial charge in [-0.15, -0.1) is 0 Å². The van der Waals surface area contributed by atoms with Crippen LogP contribution in [0.5, 0.6) is 11.5 Å². The highest BCUT2D eigenvalue weighted by atomic mass is 32.1. The number of ether oxygens (including phenoxy) is 2. The minimum Gasteiger partial charge on any atom is -0.497 e. The van der Waals surface area contributed by atoms with Crippen LogP contribution in [-0.2, 0) is 13.1 Å². The van der Waals surface area contributed by atoms with Crippen molar-refractivity contribution in [3.8, 4) is 11.5 Å². The van der Waals surface area contributed by atoms with Crippen LogP contribution in [0.1, 0.15) is 12.0 Å². The lowest BCUT2D eigenvalue weighted by Gasteiger charge is -2.26. The van der Waals surface area contributed by atoms with Gasteiger partial charge in [0.05, 0.1) is 20.5 Å². The molecule has 0 saturated carbocycles. The first-order valence-corrected chi connectivity index (χ1v) is 9.87. The van der Waals surface area contributed by atoms with Crippen molar-refractivity contribution in [2.45, 2.75) is 19.5 Å². The number of thiocarbonyl (C=S) groups is 1. The molecule has 7 heteroatoms. The van der Waals surface area contributed by atoms with E-state index in [1.54, 1.807) is 20.4 Å². The molecule has 0 aliphatic rings. The van der Waals surface area contributed by atoms with Gasteiger partial charge in [-0.1, -0.05) is 12.1 Å². The summed E-state index contributed by atoms with van der Waals surface area (Å²) in [7, 11) is 3.33. The van der Waals surface area contributed by atoms with Gasteiger partial charge in [-0.25, -0.2) is 4.98 Å². The summed E-state index contributed by atoms with van der Waals surface area (Å²) in [5, 5.41) is 4.03. The van der Waals surface area contributed by atoms with E-state index < -0.39 is 0 Å². The zero-order valence-corrected chi connectivity index (χ0v) is 17.6. The Labute approximate surface area is 177 Å². The Bertz CT molecular complexity index is 880. The molecule has 0 amide bonds. The van der Waals surface area contributed by atoms with E-state index in [9.17, 15) is 0 Å². The van der Waals surface area contributed by atoms with E-state index in [0.29, 0.717) is 5.11 Å². The Hall–Kier alpha value is -3.06. The maximum absolute atomic E-state index is 5.72. The highest BCUT2D eigenvalue weighted by Gasteiger charge is 2.11. The second-order valence-corrected chi connectivity index (χ2v) is 6.97. The van der Waals surface area contributed by atoms with E-state index in [4.69, 9.17) is 21.7 Å². The van der Waals surface area contributed by atoms with Gasteiger partial charge in [0.25, 0.3) is 0 Å². The lowest BCUT2D eigenvalue weighted by atomic mass is 10.2. The molecule has 0 aliphatic carbocycles. The van der Waals surface area contributed by atoms with Crippen LogP contribution < -0.4 is 14.8 Å². The zero-order chi connectivity index (χ0) is 20.5. The summed E-state index contributed by atoms with van der Waals surface area (Å²) in [5.74, 6) is 1.66. The molecule has 29 heavy (non-hydrogen) atoms. The van der Waals surface area contributed by atoms with Crippen molar-refractivity contribution < 1.29 is 9.47 Å². The Morgan fingerprint density at radius 3 is 2.28 bits per heavy atom. The average Bonchev–Trinajstić information content (AvgIpc) is 3.27. The number of methoxy groups -OCH3 is 2. The Morgan fingerprint density at radius 2 is 1.69 bits per heavy atom. The van der Waals surface area contributed by atoms with Crippen LogP contribution in [0.3, 0.4) is 0 Å². The first-order chi connectivity index (χ1) is 14.2. The van der Waals surface area contributed by atoms with Gasteiger partial charge in [-0.05, 0) is 60.6 Å². The molecule has 0 unspecified atom stereocenters. The second-order valence-electron chi connectivity index (χ2n) is 6.58. The smallest absolute Gasteiger partial charge is 0.173 e. The normalized spacial score (nSPS) is 10.4. The molecule has 2 aromatic carbocycles. The molecule has 3 rings (SSSR count). The Morgan fingerprint density at radius 1 is 1.03 bits per heavy atom. The molecular formula is C22H26N4O2S. The topological polar surface area (TPSA) is 51.5 Å². The summed E-state index contributed by atoms with van der Waals surface area (Å²) in [6, 6.07) is 15.8. The zero-order valence-electron chi connectivity index (χ0n) is 16.7. The van der Waals surface area contributed by atoms with E-state index in [0.717, 1.165) is 43.2 Å². The van der Waals surface area contributed by atoms with Crippen LogP contribution >= 0.6 is 12.2 Å². The quantitative estimate of drug-likeness (QED) is 0.534. The van der Waals surface area contributed by atoms with E-state index >= 15 is 0 Å². The molecule has 0 fully saturated rings. The molecule has 0 aliphatic heterocycles. The standard InChI is InChI=1S/C22H26N4O2S/c1-27-20-8-4-18(5-9-20)16-26(14-3-13-25-15-12-23-17-25)22(29)24-19-6-10-21(28-2)11-7-19/h4-12,15,17H,3,13-14,16H2,1-2H3,(H,24,29). The number of hydrogen-bond acceptors (Lipinski definition) is 4. The molecule has 1 N–H and O–H groups in total. The van der Waals surface area contributed by atoms with Crippen LogP contribution in [-0.4, -0.2) is 40.3 Å². The number of nitrogens with one attached hydrogen (secondary N) is 1. The fourth-order valence-corrected chi connectivity index (χ4v) is 3.22. The summed E-state index contributed by atoms with van der Waals surface area (Å²) < 4.78 is 12.5. The van der Waals surface area contributed by atoms with Gasteiger partial charge in [0, 0.05) is 37.7 Å². The highest BCUT2D eigenvalue weighted by Crippen LogP contribution is 2.17. The summed E-state index contributed by atoms with van der Waals surface area (Å²) in [6.45, 7) is 2.44. The van der Waals surface area contributed by atoms with Gasteiger partial charge in [0.15, 0.2) is 5.11 Å². The number of hydrogen-bond donors (Lipinski definition) is 1. The van der Waals surface area contributed by atoms with Crippen LogP contribution in [0.25, 0.3) is 0 Å². The largest absolute Gasteiger partial charge is 0.497 e. The van der Waals surface area contributed by atoms with Gasteiger partial charge in [-0.2, -0.15) is 0 Å². The molecule has 152 valence electrons. The molecule has 3 aromatic rings. The van der Waals surface area contributed by atoms with Crippen molar-refractivity contribution in [2.75, 3.05) is 26.1 Å². The molecule has 1 heterocycles. The SMILES string of the molecule is COc1ccc(CN(CCCn2ccnc2)C(=S)Nc2ccc(OC)cc2)cc1. The predicted octanol–water partition coefficient (Wildman–Crippen LogP) is 4.19. The second kappa shape index (κ2) is 10.5. The Kier molecular flexibility index (Phi) is 7.47. The first kappa shape index (κ1) is 20.7. The molecular weight excluding hydrogens is 384 g/mol. The number of aryl methyl sites for hydroxylation is 1. The first-order valence-electron chi connectivity index (χ1n) is 9.46. The fourth-order valence-electron chi connectivity index (χ4n) is 2.94. The average molecular weight is 411 g/mol. The number of benzene rings is 2. The molecule has 0 spiro atoms. The summed E-state index contributed by atoms with van der Waals surface area (Å²) in [5.41, 5.74) is 2.11. The van der Waals surface area contributed by atoms with Crippen molar-refractivity contribution in [1.82, 2.24) is 14.5 Å². The van der Waals surface area contributed by atoms with Gasteiger partial charge in [-0.3, -0.25) is 0 Å². The maximum Gasteiger partial charge on any atom is 0.173 e. The van der Waals surface area contributed by atoms with E-state index in [1.807, 2.05) is 48.9 Å². The van der Waals surface area contributed by atoms with Gasteiger partial charge < -0.3 is 24.3 Å². The van der Waals surface area contributed by atoms with Crippen LogP contribution in [0.4, 0.5) is 5.69 Å². The number of aromatic nitrogens is 2. The summed E-state index contributed by atoms with van der Waals surface area (Å²) >= 11 is 5.72. The third kappa shape index (κ3) is 6.22. The van der Waals surface area contributed by atoms with Gasteiger partial charge in [0.2, 0.25) is 0 Å². The van der Waals surface area contributed by atoms with Crippen molar-refractivity contribution in [2.24, 2.45) is 0 Å². The fraction of sp³-hybridized carbons (Fsp3) is 0.273. The molecule has 1 aromatic heterocycles. The van der Waals surface area contributed by atoms with Gasteiger partial charge >= 0.3 is 0 Å². The van der Waals surface area contributed by atoms with Crippen molar-refractivity contribution >= 4 is 23.0 Å². The number of anilines is 1. The van der Waals surface area contributed by atoms with Crippen LogP contribution in [0, 0.1) is 0 Å². The Balaban J connectivity index is 1.66. The summed E-state index contributed by atoms with van der Waals surface area (Å²) in [6.07, 6.45) is 6.56. The highest BCUT2D eigenvalue weighted by molar-refractivity contribution is 7.80. The molecule has 6 nitrogen and oxygen atoms in total. The van der Waals surface area contributed by atoms with Crippen LogP contribution in [0.2, 0.25) is 0 Å². The molecule has 0 saturated heterocycles. The molecule has 0 radical (unpaired) electrons. The maximum atomic E-state index is 5.72. The van der Waals surface area contributed by atoms with E-state index in [1.165, 1.54) is 5.56 Å². The molecule has 0 bridgehead atoms. The minimum atomic E-state index is 0.691. The summed E-state index contributed by atoms with van der Waals surface area (Å²) in [4.78, 5) is 6.28. The van der Waals surface area contributed by atoms with Crippen LogP contribution in [0.15, 0.2) is 67.3 Å². The lowest BCUT2D eigenvalue weighted by Crippen LogP contribution is -2.35. The minimum absolute atomic E-state index is 0.691. The number of nitrogens with zero attached hydrogens (tertiary/aromatic N) is 3. The number of rotatable bonds is 9. The van der Waals surface area contributed by atoms with E-state index in [-0.39, 0.29) is 0 Å². The van der Waals surface area contributed by atoms with Crippen molar-refractivity contribution in [1.29, 1.82) is 0 Å². The molecule has 0 atom stereocenters. The van der Waals surface area contributed by atoms with Gasteiger partial charge in [0.1, 0.15) is 11.5 Å². The monoisotopic (exact) mass is 410 g/mol. The third-order valence-corrected chi connectivity index (χ3v) is 4.92. The van der Waals surface area contributed by atoms with Crippen molar-refractivity contribution in [3.05, 3.63) is 72.8 Å². The number of imidazole rings is 1. The third-order valence-electron chi connectivity index (χ3n) is 4.56. The predicted molar refractivity (Wildman–Crippen MR) is 119 cm³/mol. The van der Waals surface area contributed by atoms with E-state index in [2.05, 4.69) is 31.9 Å².